The number of hydrogen-bond donors (Lipinski definition) is 3. The number of hydrogen-bond acceptors (Lipinski definition) is 8. The van der Waals surface area contributed by atoms with E-state index in [1.165, 1.54) is 0 Å². The van der Waals surface area contributed by atoms with Crippen molar-refractivity contribution in [1.29, 1.82) is 5.41 Å². The van der Waals surface area contributed by atoms with E-state index in [9.17, 15) is 0 Å². The molecule has 0 bridgehead atoms. The quantitative estimate of drug-likeness (QED) is 0.472. The van der Waals surface area contributed by atoms with Gasteiger partial charge in [-0.3, -0.25) is 0 Å². The number of anilines is 1. The van der Waals surface area contributed by atoms with Gasteiger partial charge < -0.3 is 21.0 Å². The lowest BCUT2D eigenvalue weighted by atomic mass is 9.86. The largest absolute Gasteiger partial charge is 0.402 e. The Balaban J connectivity index is 0.00000149. The number of nitrogens with two attached hydrogens (primary N) is 1. The van der Waals surface area contributed by atoms with Gasteiger partial charge in [0.1, 0.15) is 18.0 Å². The van der Waals surface area contributed by atoms with Crippen LogP contribution in [0.1, 0.15) is 59.7 Å². The van der Waals surface area contributed by atoms with Crippen molar-refractivity contribution >= 4 is 22.7 Å². The van der Waals surface area contributed by atoms with Crippen LogP contribution in [-0.2, 0) is 6.54 Å². The molecular weight excluding hydrogens is 414 g/mol. The first kappa shape index (κ1) is 24.3. The fraction of sp³-hybridized carbons (Fsp3) is 0.500. The predicted octanol–water partition coefficient (Wildman–Crippen LogP) is 4.49. The lowest BCUT2D eigenvalue weighted by Crippen LogP contribution is -2.30. The second-order valence-electron chi connectivity index (χ2n) is 8.25. The van der Waals surface area contributed by atoms with E-state index in [1.807, 2.05) is 34.6 Å². The summed E-state index contributed by atoms with van der Waals surface area (Å²) in [6, 6.07) is 0.137. The molecule has 176 valence electrons. The van der Waals surface area contributed by atoms with Gasteiger partial charge in [0.15, 0.2) is 17.0 Å². The molecule has 9 heteroatoms. The van der Waals surface area contributed by atoms with Crippen molar-refractivity contribution in [3.05, 3.63) is 35.8 Å². The number of aromatic nitrogens is 6. The van der Waals surface area contributed by atoms with Crippen LogP contribution in [0.3, 0.4) is 0 Å². The molecule has 3 aromatic rings. The van der Waals surface area contributed by atoms with Crippen LogP contribution in [-0.4, -0.2) is 41.2 Å². The molecule has 0 radical (unpaired) electrons. The van der Waals surface area contributed by atoms with E-state index in [4.69, 9.17) is 16.1 Å². The Morgan fingerprint density at radius 1 is 1.21 bits per heavy atom. The molecule has 4 N–H and O–H groups in total. The summed E-state index contributed by atoms with van der Waals surface area (Å²) in [6.45, 7) is 12.7. The molecule has 33 heavy (non-hydrogen) atoms. The normalized spacial score (nSPS) is 16.0. The molecule has 1 unspecified atom stereocenters. The van der Waals surface area contributed by atoms with Crippen LogP contribution in [0.25, 0.3) is 22.6 Å². The van der Waals surface area contributed by atoms with Gasteiger partial charge in [0, 0.05) is 36.4 Å². The van der Waals surface area contributed by atoms with Gasteiger partial charge in [-0.25, -0.2) is 24.9 Å². The summed E-state index contributed by atoms with van der Waals surface area (Å²) in [5.41, 5.74) is 11.0. The molecule has 4 rings (SSSR count). The number of imidazole rings is 1. The van der Waals surface area contributed by atoms with Crippen LogP contribution in [0.4, 0.5) is 5.82 Å². The number of nitrogens with zero attached hydrogens (tertiary/aromatic N) is 6. The minimum atomic E-state index is 0.137. The summed E-state index contributed by atoms with van der Waals surface area (Å²) in [5, 5.41) is 12.0. The van der Waals surface area contributed by atoms with Gasteiger partial charge in [-0.2, -0.15) is 0 Å². The first-order valence-electron chi connectivity index (χ1n) is 11.7. The van der Waals surface area contributed by atoms with Crippen LogP contribution in [0, 0.1) is 18.3 Å². The van der Waals surface area contributed by atoms with E-state index in [-0.39, 0.29) is 12.0 Å². The highest BCUT2D eigenvalue weighted by atomic mass is 15.2. The van der Waals surface area contributed by atoms with E-state index in [1.54, 1.807) is 18.7 Å². The van der Waals surface area contributed by atoms with Crippen LogP contribution in [0.15, 0.2) is 30.0 Å². The molecular formula is C24H35N9. The maximum absolute atomic E-state index is 8.42. The van der Waals surface area contributed by atoms with Crippen molar-refractivity contribution in [1.82, 2.24) is 29.5 Å². The standard InChI is InChI=1S/C22H29N9.C2H6/c1-5-31-21(14-9-25-13(4)26-10-14)30-19-20(27-11-28-22(19)31)29-15-6-7-17(23)16(8-15)18(24)12(2)3;1-2/h9-12,15,24H,5-8,23H2,1-4H3,(H,27,28,29);1-2H3. The van der Waals surface area contributed by atoms with Crippen LogP contribution in [0.5, 0.6) is 0 Å². The molecule has 3 aromatic heterocycles. The number of fused-ring (bicyclic) bond motifs is 1. The second-order valence-corrected chi connectivity index (χ2v) is 8.25. The van der Waals surface area contributed by atoms with Crippen LogP contribution in [0.2, 0.25) is 0 Å². The Kier molecular flexibility index (Phi) is 7.73. The number of nitrogens with one attached hydrogen (secondary N) is 2. The number of aryl methyl sites for hydroxylation is 2. The third kappa shape index (κ3) is 5.02. The van der Waals surface area contributed by atoms with Gasteiger partial charge in [-0.05, 0) is 44.6 Å². The summed E-state index contributed by atoms with van der Waals surface area (Å²) in [7, 11) is 0. The molecule has 1 atom stereocenters. The molecule has 3 heterocycles. The van der Waals surface area contributed by atoms with E-state index < -0.39 is 0 Å². The van der Waals surface area contributed by atoms with Gasteiger partial charge in [-0.15, -0.1) is 0 Å². The van der Waals surface area contributed by atoms with Gasteiger partial charge >= 0.3 is 0 Å². The first-order chi connectivity index (χ1) is 15.9. The molecule has 0 saturated heterocycles. The Bertz CT molecular complexity index is 1140. The fourth-order valence-electron chi connectivity index (χ4n) is 3.98. The van der Waals surface area contributed by atoms with E-state index in [0.717, 1.165) is 52.5 Å². The molecule has 9 nitrogen and oxygen atoms in total. The molecule has 0 spiro atoms. The summed E-state index contributed by atoms with van der Waals surface area (Å²) in [6.07, 6.45) is 7.51. The van der Waals surface area contributed by atoms with Crippen molar-refractivity contribution in [2.24, 2.45) is 11.7 Å². The predicted molar refractivity (Wildman–Crippen MR) is 133 cm³/mol. The summed E-state index contributed by atoms with van der Waals surface area (Å²) < 4.78 is 2.05. The van der Waals surface area contributed by atoms with E-state index >= 15 is 0 Å². The topological polar surface area (TPSA) is 131 Å². The average Bonchev–Trinajstić information content (AvgIpc) is 3.21. The van der Waals surface area contributed by atoms with Crippen LogP contribution >= 0.6 is 0 Å². The minimum absolute atomic E-state index is 0.137. The Hall–Kier alpha value is -3.36. The zero-order valence-electron chi connectivity index (χ0n) is 20.5. The van der Waals surface area contributed by atoms with Gasteiger partial charge in [0.25, 0.3) is 0 Å². The van der Waals surface area contributed by atoms with Gasteiger partial charge in [0.05, 0.1) is 5.56 Å². The van der Waals surface area contributed by atoms with Crippen molar-refractivity contribution in [3.8, 4) is 11.4 Å². The number of rotatable bonds is 6. The van der Waals surface area contributed by atoms with Gasteiger partial charge in [-0.1, -0.05) is 27.7 Å². The third-order valence-corrected chi connectivity index (χ3v) is 5.73. The highest BCUT2D eigenvalue weighted by Crippen LogP contribution is 2.30. The minimum Gasteiger partial charge on any atom is -0.402 e. The van der Waals surface area contributed by atoms with Crippen molar-refractivity contribution in [3.63, 3.8) is 0 Å². The molecule has 0 amide bonds. The number of allylic oxidation sites excluding steroid dienone is 1. The molecule has 0 saturated carbocycles. The highest BCUT2D eigenvalue weighted by molar-refractivity contribution is 6.00. The fourth-order valence-corrected chi connectivity index (χ4v) is 3.98. The molecule has 0 aliphatic heterocycles. The molecule has 1 aliphatic carbocycles. The Labute approximate surface area is 195 Å². The summed E-state index contributed by atoms with van der Waals surface area (Å²) in [4.78, 5) is 22.5. The summed E-state index contributed by atoms with van der Waals surface area (Å²) >= 11 is 0. The molecule has 1 aliphatic rings. The highest BCUT2D eigenvalue weighted by Gasteiger charge is 2.25. The summed E-state index contributed by atoms with van der Waals surface area (Å²) in [5.74, 6) is 2.35. The molecule has 0 aromatic carbocycles. The van der Waals surface area contributed by atoms with E-state index in [0.29, 0.717) is 24.5 Å². The first-order valence-corrected chi connectivity index (χ1v) is 11.7. The zero-order chi connectivity index (χ0) is 24.1. The Morgan fingerprint density at radius 2 is 1.91 bits per heavy atom. The van der Waals surface area contributed by atoms with Crippen molar-refractivity contribution in [2.75, 3.05) is 5.32 Å². The third-order valence-electron chi connectivity index (χ3n) is 5.73. The van der Waals surface area contributed by atoms with Crippen molar-refractivity contribution < 1.29 is 0 Å². The zero-order valence-corrected chi connectivity index (χ0v) is 20.5. The molecule has 0 fully saturated rings. The monoisotopic (exact) mass is 449 g/mol. The SMILES string of the molecule is CC.CCn1c(-c2cnc(C)nc2)nc2c(NC3CCC(N)=C(C(=N)C(C)C)C3)ncnc21. The van der Waals surface area contributed by atoms with E-state index in [2.05, 4.69) is 36.7 Å². The second kappa shape index (κ2) is 10.5. The average molecular weight is 450 g/mol. The maximum atomic E-state index is 8.42. The van der Waals surface area contributed by atoms with Crippen LogP contribution < -0.4 is 11.1 Å². The maximum Gasteiger partial charge on any atom is 0.165 e. The lowest BCUT2D eigenvalue weighted by Gasteiger charge is -2.28. The smallest absolute Gasteiger partial charge is 0.165 e. The van der Waals surface area contributed by atoms with Gasteiger partial charge in [0.2, 0.25) is 0 Å². The Morgan fingerprint density at radius 3 is 2.55 bits per heavy atom. The van der Waals surface area contributed by atoms with Crippen molar-refractivity contribution in [2.45, 2.75) is 73.4 Å². The lowest BCUT2D eigenvalue weighted by molar-refractivity contribution is 0.604.